The molecular weight excluding hydrogens is 401 g/mol. The number of anilines is 1. The van der Waals surface area contributed by atoms with Gasteiger partial charge in [0.05, 0.1) is 16.2 Å². The lowest BCUT2D eigenvalue weighted by atomic mass is 9.89. The van der Waals surface area contributed by atoms with Crippen molar-refractivity contribution in [3.63, 3.8) is 0 Å². The van der Waals surface area contributed by atoms with Gasteiger partial charge in [-0.2, -0.15) is 13.2 Å². The SMILES string of the molecule is CC(C)(C)OC(=O)N1C[C@@H]2c3cccc(C(F)(F)F)c3N[C@@H]2CC1Br. The number of fused-ring (bicyclic) bond motifs is 3. The highest BCUT2D eigenvalue weighted by Gasteiger charge is 2.46. The first-order valence-corrected chi connectivity index (χ1v) is 8.99. The average Bonchev–Trinajstić information content (AvgIpc) is 2.80. The molecule has 25 heavy (non-hydrogen) atoms. The Bertz CT molecular complexity index is 687. The highest BCUT2D eigenvalue weighted by atomic mass is 79.9. The number of para-hydroxylation sites is 1. The molecule has 1 unspecified atom stereocenters. The van der Waals surface area contributed by atoms with Gasteiger partial charge in [0.1, 0.15) is 5.60 Å². The molecular formula is C17H20BrF3N2O2. The minimum atomic E-state index is -4.41. The van der Waals surface area contributed by atoms with Crippen molar-refractivity contribution < 1.29 is 22.7 Å². The van der Waals surface area contributed by atoms with E-state index in [0.717, 1.165) is 6.07 Å². The topological polar surface area (TPSA) is 41.6 Å². The number of hydrogen-bond donors (Lipinski definition) is 1. The van der Waals surface area contributed by atoms with Crippen molar-refractivity contribution in [2.24, 2.45) is 0 Å². The molecule has 2 aliphatic rings. The van der Waals surface area contributed by atoms with E-state index < -0.39 is 23.4 Å². The van der Waals surface area contributed by atoms with Gasteiger partial charge in [-0.25, -0.2) is 4.79 Å². The second-order valence-corrected chi connectivity index (χ2v) is 8.48. The molecule has 1 aromatic carbocycles. The molecule has 2 aliphatic heterocycles. The number of benzene rings is 1. The molecule has 2 heterocycles. The molecule has 0 aliphatic carbocycles. The number of nitrogens with one attached hydrogen (secondary N) is 1. The van der Waals surface area contributed by atoms with Crippen LogP contribution in [0.4, 0.5) is 23.7 Å². The van der Waals surface area contributed by atoms with Crippen LogP contribution in [0.1, 0.15) is 44.2 Å². The molecule has 4 nitrogen and oxygen atoms in total. The van der Waals surface area contributed by atoms with Crippen LogP contribution in [-0.4, -0.2) is 34.1 Å². The van der Waals surface area contributed by atoms with E-state index in [1.807, 2.05) is 0 Å². The fourth-order valence-electron chi connectivity index (χ4n) is 3.40. The predicted molar refractivity (Wildman–Crippen MR) is 91.9 cm³/mol. The Morgan fingerprint density at radius 2 is 2.00 bits per heavy atom. The van der Waals surface area contributed by atoms with E-state index in [4.69, 9.17) is 4.74 Å². The zero-order chi connectivity index (χ0) is 18.6. The van der Waals surface area contributed by atoms with E-state index in [-0.39, 0.29) is 22.6 Å². The standard InChI is InChI=1S/C17H20BrF3N2O2/c1-16(2,3)25-15(24)23-8-10-9-5-4-6-11(17(19,20)21)14(9)22-12(10)7-13(23)18/h4-6,10,12-13,22H,7-8H2,1-3H3/t10-,12-,13?/m1/s1. The molecule has 1 fully saturated rings. The summed E-state index contributed by atoms with van der Waals surface area (Å²) >= 11 is 3.47. The minimum absolute atomic E-state index is 0.135. The summed E-state index contributed by atoms with van der Waals surface area (Å²) in [5, 5.41) is 3.02. The maximum absolute atomic E-state index is 13.3. The lowest BCUT2D eigenvalue weighted by Gasteiger charge is -2.39. The number of likely N-dealkylation sites (tertiary alicyclic amines) is 1. The number of carbonyl (C=O) groups is 1. The molecule has 0 radical (unpaired) electrons. The van der Waals surface area contributed by atoms with Gasteiger partial charge >= 0.3 is 12.3 Å². The van der Waals surface area contributed by atoms with E-state index >= 15 is 0 Å². The van der Waals surface area contributed by atoms with Gasteiger partial charge in [0.15, 0.2) is 0 Å². The van der Waals surface area contributed by atoms with Crippen molar-refractivity contribution >= 4 is 27.7 Å². The van der Waals surface area contributed by atoms with Crippen LogP contribution in [0.25, 0.3) is 0 Å². The number of ether oxygens (including phenoxy) is 1. The Kier molecular flexibility index (Phi) is 4.46. The summed E-state index contributed by atoms with van der Waals surface area (Å²) < 4.78 is 45.2. The fourth-order valence-corrected chi connectivity index (χ4v) is 4.14. The normalized spacial score (nSPS) is 25.9. The van der Waals surface area contributed by atoms with E-state index in [0.29, 0.717) is 18.5 Å². The van der Waals surface area contributed by atoms with Crippen molar-refractivity contribution in [3.8, 4) is 0 Å². The first kappa shape index (κ1) is 18.4. The first-order valence-electron chi connectivity index (χ1n) is 8.08. The van der Waals surface area contributed by atoms with E-state index in [2.05, 4.69) is 21.2 Å². The first-order chi connectivity index (χ1) is 11.5. The smallest absolute Gasteiger partial charge is 0.418 e. The molecule has 1 amide bonds. The second kappa shape index (κ2) is 6.07. The zero-order valence-electron chi connectivity index (χ0n) is 14.2. The number of halogens is 4. The monoisotopic (exact) mass is 420 g/mol. The molecule has 3 rings (SSSR count). The van der Waals surface area contributed by atoms with Crippen LogP contribution in [0, 0.1) is 0 Å². The summed E-state index contributed by atoms with van der Waals surface area (Å²) in [7, 11) is 0. The van der Waals surface area contributed by atoms with Gasteiger partial charge < -0.3 is 10.1 Å². The number of piperidine rings is 1. The summed E-state index contributed by atoms with van der Waals surface area (Å²) in [6, 6.07) is 4.05. The third-order valence-electron chi connectivity index (χ3n) is 4.43. The summed E-state index contributed by atoms with van der Waals surface area (Å²) in [6.07, 6.45) is -4.38. The quantitative estimate of drug-likeness (QED) is 0.477. The molecule has 3 atom stereocenters. The Morgan fingerprint density at radius 3 is 2.60 bits per heavy atom. The maximum Gasteiger partial charge on any atom is 0.418 e. The Labute approximate surface area is 152 Å². The fraction of sp³-hybridized carbons (Fsp3) is 0.588. The molecule has 8 heteroatoms. The van der Waals surface area contributed by atoms with Gasteiger partial charge in [-0.1, -0.05) is 28.1 Å². The average molecular weight is 421 g/mol. The molecule has 0 aromatic heterocycles. The van der Waals surface area contributed by atoms with Crippen LogP contribution in [0.15, 0.2) is 18.2 Å². The van der Waals surface area contributed by atoms with Crippen LogP contribution >= 0.6 is 15.9 Å². The van der Waals surface area contributed by atoms with Gasteiger partial charge in [0.2, 0.25) is 0 Å². The Balaban J connectivity index is 1.88. The summed E-state index contributed by atoms with van der Waals surface area (Å²) in [6.45, 7) is 5.64. The number of nitrogens with zero attached hydrogens (tertiary/aromatic N) is 1. The third kappa shape index (κ3) is 3.59. The molecule has 1 saturated heterocycles. The number of amides is 1. The van der Waals surface area contributed by atoms with Crippen LogP contribution in [0.5, 0.6) is 0 Å². The van der Waals surface area contributed by atoms with Gasteiger partial charge in [-0.3, -0.25) is 4.90 Å². The predicted octanol–water partition coefficient (Wildman–Crippen LogP) is 4.94. The van der Waals surface area contributed by atoms with Crippen molar-refractivity contribution in [2.45, 2.75) is 55.9 Å². The molecule has 0 saturated carbocycles. The summed E-state index contributed by atoms with van der Waals surface area (Å²) in [5.74, 6) is -0.196. The minimum Gasteiger partial charge on any atom is -0.444 e. The number of carbonyl (C=O) groups excluding carboxylic acids is 1. The Morgan fingerprint density at radius 1 is 1.32 bits per heavy atom. The van der Waals surface area contributed by atoms with E-state index in [9.17, 15) is 18.0 Å². The highest BCUT2D eigenvalue weighted by Crippen LogP contribution is 2.47. The highest BCUT2D eigenvalue weighted by molar-refractivity contribution is 9.09. The van der Waals surface area contributed by atoms with E-state index in [1.165, 1.54) is 6.07 Å². The molecule has 1 aromatic rings. The van der Waals surface area contributed by atoms with Gasteiger partial charge in [0.25, 0.3) is 0 Å². The zero-order valence-corrected chi connectivity index (χ0v) is 15.7. The molecule has 0 spiro atoms. The van der Waals surface area contributed by atoms with Crippen LogP contribution in [0.3, 0.4) is 0 Å². The number of alkyl halides is 4. The molecule has 138 valence electrons. The van der Waals surface area contributed by atoms with Crippen molar-refractivity contribution in [1.29, 1.82) is 0 Å². The third-order valence-corrected chi connectivity index (χ3v) is 5.29. The molecule has 0 bridgehead atoms. The Hall–Kier alpha value is -1.44. The van der Waals surface area contributed by atoms with Crippen LogP contribution < -0.4 is 5.32 Å². The number of hydrogen-bond acceptors (Lipinski definition) is 3. The van der Waals surface area contributed by atoms with Gasteiger partial charge in [-0.15, -0.1) is 0 Å². The van der Waals surface area contributed by atoms with Crippen molar-refractivity contribution in [2.75, 3.05) is 11.9 Å². The van der Waals surface area contributed by atoms with Crippen molar-refractivity contribution in [3.05, 3.63) is 29.3 Å². The second-order valence-electron chi connectivity index (χ2n) is 7.43. The summed E-state index contributed by atoms with van der Waals surface area (Å²) in [5.41, 5.74) is -0.548. The largest absolute Gasteiger partial charge is 0.444 e. The van der Waals surface area contributed by atoms with Crippen LogP contribution in [0.2, 0.25) is 0 Å². The lowest BCUT2D eigenvalue weighted by molar-refractivity contribution is -0.136. The van der Waals surface area contributed by atoms with Gasteiger partial charge in [-0.05, 0) is 38.8 Å². The van der Waals surface area contributed by atoms with Crippen LogP contribution in [-0.2, 0) is 10.9 Å². The molecule has 1 N–H and O–H groups in total. The number of rotatable bonds is 0. The summed E-state index contributed by atoms with van der Waals surface area (Å²) in [4.78, 5) is 13.7. The maximum atomic E-state index is 13.3. The lowest BCUT2D eigenvalue weighted by Crippen LogP contribution is -2.50. The van der Waals surface area contributed by atoms with Crippen molar-refractivity contribution in [1.82, 2.24) is 4.90 Å². The van der Waals surface area contributed by atoms with Gasteiger partial charge in [0, 0.05) is 18.5 Å². The van der Waals surface area contributed by atoms with E-state index in [1.54, 1.807) is 31.7 Å².